The monoisotopic (exact) mass is 330 g/mol. The van der Waals surface area contributed by atoms with Crippen LogP contribution in [0.15, 0.2) is 36.7 Å². The van der Waals surface area contributed by atoms with Crippen LogP contribution in [0.4, 0.5) is 5.69 Å². The highest BCUT2D eigenvalue weighted by atomic mass is 16.5. The molecule has 0 aliphatic rings. The van der Waals surface area contributed by atoms with E-state index >= 15 is 0 Å². The van der Waals surface area contributed by atoms with Gasteiger partial charge in [0, 0.05) is 18.8 Å². The Bertz CT molecular complexity index is 654. The summed E-state index contributed by atoms with van der Waals surface area (Å²) in [6.07, 6.45) is 6.79. The van der Waals surface area contributed by atoms with Crippen LogP contribution < -0.4 is 15.8 Å². The van der Waals surface area contributed by atoms with Crippen molar-refractivity contribution >= 4 is 11.6 Å². The highest BCUT2D eigenvalue weighted by molar-refractivity contribution is 5.95. The lowest BCUT2D eigenvalue weighted by atomic mass is 10.2. The second-order valence-electron chi connectivity index (χ2n) is 5.89. The van der Waals surface area contributed by atoms with E-state index in [0.717, 1.165) is 31.5 Å². The zero-order valence-electron chi connectivity index (χ0n) is 14.4. The predicted molar refractivity (Wildman–Crippen MR) is 95.3 cm³/mol. The molecule has 2 rings (SSSR count). The molecule has 6 heteroatoms. The minimum absolute atomic E-state index is 0.319. The molecule has 1 heterocycles. The molecule has 3 N–H and O–H groups in total. The van der Waals surface area contributed by atoms with Crippen molar-refractivity contribution in [1.29, 1.82) is 0 Å². The Balaban J connectivity index is 1.73. The van der Waals surface area contributed by atoms with E-state index in [2.05, 4.69) is 24.3 Å². The molecule has 24 heavy (non-hydrogen) atoms. The number of aromatic nitrogens is 2. The lowest BCUT2D eigenvalue weighted by Crippen LogP contribution is -2.16. The summed E-state index contributed by atoms with van der Waals surface area (Å²) < 4.78 is 7.63. The fourth-order valence-electron chi connectivity index (χ4n) is 2.51. The van der Waals surface area contributed by atoms with Crippen LogP contribution in [0.3, 0.4) is 0 Å². The van der Waals surface area contributed by atoms with Crippen LogP contribution in [-0.4, -0.2) is 28.3 Å². The Morgan fingerprint density at radius 1 is 1.42 bits per heavy atom. The van der Waals surface area contributed by atoms with E-state index in [9.17, 15) is 4.79 Å². The summed E-state index contributed by atoms with van der Waals surface area (Å²) in [5, 5.41) is 7.74. The van der Waals surface area contributed by atoms with Gasteiger partial charge in [0.1, 0.15) is 5.75 Å². The van der Waals surface area contributed by atoms with E-state index in [0.29, 0.717) is 24.0 Å². The van der Waals surface area contributed by atoms with Crippen LogP contribution in [0.5, 0.6) is 5.75 Å². The number of ether oxygens (including phenoxy) is 1. The van der Waals surface area contributed by atoms with Crippen LogP contribution in [0, 0.1) is 0 Å². The molecule has 0 saturated carbocycles. The summed E-state index contributed by atoms with van der Waals surface area (Å²) in [4.78, 5) is 11.3. The van der Waals surface area contributed by atoms with Crippen molar-refractivity contribution in [2.45, 2.75) is 45.7 Å². The van der Waals surface area contributed by atoms with Gasteiger partial charge in [0.25, 0.3) is 5.91 Å². The topological polar surface area (TPSA) is 82.2 Å². The molecular formula is C18H26N4O2. The number of amides is 1. The average molecular weight is 330 g/mol. The first-order valence-corrected chi connectivity index (χ1v) is 8.40. The fraction of sp³-hybridized carbons (Fsp3) is 0.444. The smallest absolute Gasteiger partial charge is 0.252 e. The number of carbonyl (C=O) groups is 1. The fourth-order valence-corrected chi connectivity index (χ4v) is 2.51. The van der Waals surface area contributed by atoms with E-state index in [1.54, 1.807) is 18.2 Å². The summed E-state index contributed by atoms with van der Waals surface area (Å²) in [6, 6.07) is 7.37. The van der Waals surface area contributed by atoms with E-state index < -0.39 is 5.91 Å². The number of primary amides is 1. The van der Waals surface area contributed by atoms with Crippen molar-refractivity contribution in [3.05, 3.63) is 42.2 Å². The molecule has 130 valence electrons. The molecule has 0 saturated heterocycles. The maximum Gasteiger partial charge on any atom is 0.252 e. The van der Waals surface area contributed by atoms with E-state index in [4.69, 9.17) is 10.5 Å². The number of carbonyl (C=O) groups excluding carboxylic acids is 1. The Morgan fingerprint density at radius 3 is 2.96 bits per heavy atom. The molecule has 1 amide bonds. The second-order valence-corrected chi connectivity index (χ2v) is 5.89. The molecule has 0 aliphatic heterocycles. The summed E-state index contributed by atoms with van der Waals surface area (Å²) in [7, 11) is 0. The van der Waals surface area contributed by atoms with Crippen LogP contribution >= 0.6 is 0 Å². The maximum absolute atomic E-state index is 11.3. The van der Waals surface area contributed by atoms with Gasteiger partial charge in [-0.3, -0.25) is 9.48 Å². The van der Waals surface area contributed by atoms with Crippen LogP contribution in [0.1, 0.15) is 43.5 Å². The number of rotatable bonds is 10. The lowest BCUT2D eigenvalue weighted by Gasteiger charge is -2.14. The number of nitrogens with two attached hydrogens (primary N) is 1. The van der Waals surface area contributed by atoms with Gasteiger partial charge in [-0.15, -0.1) is 0 Å². The first kappa shape index (κ1) is 17.8. The number of para-hydroxylation sites is 1. The summed E-state index contributed by atoms with van der Waals surface area (Å²) in [5.74, 6) is 0.0798. The van der Waals surface area contributed by atoms with Gasteiger partial charge in [0.2, 0.25) is 0 Å². The number of aryl methyl sites for hydroxylation is 1. The van der Waals surface area contributed by atoms with E-state index in [1.165, 1.54) is 0 Å². The molecule has 0 fully saturated rings. The minimum atomic E-state index is -0.468. The third kappa shape index (κ3) is 5.30. The molecular weight excluding hydrogens is 304 g/mol. The molecule has 0 aliphatic carbocycles. The predicted octanol–water partition coefficient (Wildman–Crippen LogP) is 3.05. The lowest BCUT2D eigenvalue weighted by molar-refractivity contribution is 0.0996. The van der Waals surface area contributed by atoms with Gasteiger partial charge in [-0.1, -0.05) is 19.1 Å². The van der Waals surface area contributed by atoms with Gasteiger partial charge >= 0.3 is 0 Å². The highest BCUT2D eigenvalue weighted by Crippen LogP contribution is 2.18. The second kappa shape index (κ2) is 8.96. The molecule has 0 bridgehead atoms. The van der Waals surface area contributed by atoms with Crippen molar-refractivity contribution in [3.63, 3.8) is 0 Å². The third-order valence-corrected chi connectivity index (χ3v) is 3.69. The van der Waals surface area contributed by atoms with Crippen molar-refractivity contribution in [1.82, 2.24) is 9.78 Å². The minimum Gasteiger partial charge on any atom is -0.493 e. The molecule has 1 atom stereocenters. The quantitative estimate of drug-likeness (QED) is 0.656. The first-order valence-electron chi connectivity index (χ1n) is 8.40. The molecule has 0 spiro atoms. The number of hydrogen-bond donors (Lipinski definition) is 2. The third-order valence-electron chi connectivity index (χ3n) is 3.69. The normalized spacial score (nSPS) is 11.9. The zero-order chi connectivity index (χ0) is 17.4. The Kier molecular flexibility index (Phi) is 6.66. The standard InChI is InChI=1S/C18H26N4O2/c1-3-10-22-13-15(12-20-22)21-14(2)7-6-11-24-17-9-5-4-8-16(17)18(19)23/h4-5,8-9,12-14,21H,3,6-7,10-11H2,1-2H3,(H2,19,23)/t14-/m0/s1. The number of hydrogen-bond acceptors (Lipinski definition) is 4. The van der Waals surface area contributed by atoms with Crippen molar-refractivity contribution in [2.75, 3.05) is 11.9 Å². The van der Waals surface area contributed by atoms with Crippen LogP contribution in [-0.2, 0) is 6.54 Å². The Labute approximate surface area is 143 Å². The SMILES string of the molecule is CCCn1cc(N[C@@H](C)CCCOc2ccccc2C(N)=O)cn1. The Hall–Kier alpha value is -2.50. The van der Waals surface area contributed by atoms with Gasteiger partial charge in [-0.2, -0.15) is 5.10 Å². The first-order chi connectivity index (χ1) is 11.6. The van der Waals surface area contributed by atoms with Crippen molar-refractivity contribution < 1.29 is 9.53 Å². The van der Waals surface area contributed by atoms with Gasteiger partial charge < -0.3 is 15.8 Å². The van der Waals surface area contributed by atoms with Crippen molar-refractivity contribution in [2.24, 2.45) is 5.73 Å². The number of benzene rings is 1. The number of nitrogens with one attached hydrogen (secondary N) is 1. The molecule has 0 radical (unpaired) electrons. The molecule has 1 aromatic carbocycles. The van der Waals surface area contributed by atoms with Gasteiger partial charge in [-0.25, -0.2) is 0 Å². The molecule has 2 aromatic rings. The summed E-state index contributed by atoms with van der Waals surface area (Å²) >= 11 is 0. The Morgan fingerprint density at radius 2 is 2.21 bits per heavy atom. The largest absolute Gasteiger partial charge is 0.493 e. The van der Waals surface area contributed by atoms with Gasteiger partial charge in [-0.05, 0) is 38.3 Å². The molecule has 0 unspecified atom stereocenters. The van der Waals surface area contributed by atoms with E-state index in [1.807, 2.05) is 23.1 Å². The number of anilines is 1. The highest BCUT2D eigenvalue weighted by Gasteiger charge is 2.09. The van der Waals surface area contributed by atoms with Gasteiger partial charge in [0.15, 0.2) is 0 Å². The van der Waals surface area contributed by atoms with Gasteiger partial charge in [0.05, 0.1) is 24.1 Å². The maximum atomic E-state index is 11.3. The average Bonchev–Trinajstić information content (AvgIpc) is 2.99. The molecule has 6 nitrogen and oxygen atoms in total. The summed E-state index contributed by atoms with van der Waals surface area (Å²) in [5.41, 5.74) is 6.80. The van der Waals surface area contributed by atoms with E-state index in [-0.39, 0.29) is 0 Å². The molecule has 1 aromatic heterocycles. The van der Waals surface area contributed by atoms with Crippen LogP contribution in [0.2, 0.25) is 0 Å². The number of nitrogens with zero attached hydrogens (tertiary/aromatic N) is 2. The zero-order valence-corrected chi connectivity index (χ0v) is 14.4. The van der Waals surface area contributed by atoms with Crippen molar-refractivity contribution in [3.8, 4) is 5.75 Å². The van der Waals surface area contributed by atoms with Crippen LogP contribution in [0.25, 0.3) is 0 Å². The summed E-state index contributed by atoms with van der Waals surface area (Å²) in [6.45, 7) is 5.75.